The topological polar surface area (TPSA) is 108 Å². The summed E-state index contributed by atoms with van der Waals surface area (Å²) in [5.41, 5.74) is 3.72. The molecule has 1 saturated heterocycles. The van der Waals surface area contributed by atoms with Crippen LogP contribution in [-0.4, -0.2) is 64.6 Å². The first-order valence-electron chi connectivity index (χ1n) is 11.1. The Morgan fingerprint density at radius 2 is 1.85 bits per heavy atom. The average Bonchev–Trinajstić information content (AvgIpc) is 3.30. The van der Waals surface area contributed by atoms with Crippen LogP contribution in [-0.2, 0) is 16.4 Å². The smallest absolute Gasteiger partial charge is 0.152 e. The Balaban J connectivity index is 1.33. The number of pyridine rings is 1. The van der Waals surface area contributed by atoms with Crippen LogP contribution >= 0.6 is 11.3 Å². The van der Waals surface area contributed by atoms with Crippen molar-refractivity contribution >= 4 is 37.2 Å². The largest absolute Gasteiger partial charge is 0.394 e. The maximum atomic E-state index is 11.6. The van der Waals surface area contributed by atoms with E-state index in [0.717, 1.165) is 31.9 Å². The van der Waals surface area contributed by atoms with Crippen LogP contribution in [0, 0.1) is 0 Å². The van der Waals surface area contributed by atoms with E-state index in [4.69, 9.17) is 0 Å². The van der Waals surface area contributed by atoms with Gasteiger partial charge in [-0.05, 0) is 17.7 Å². The van der Waals surface area contributed by atoms with Gasteiger partial charge >= 0.3 is 0 Å². The minimum Gasteiger partial charge on any atom is -0.394 e. The van der Waals surface area contributed by atoms with Crippen LogP contribution in [0.15, 0.2) is 61.1 Å². The summed E-state index contributed by atoms with van der Waals surface area (Å²) < 4.78 is 24.2. The lowest BCUT2D eigenvalue weighted by Crippen LogP contribution is -2.39. The summed E-state index contributed by atoms with van der Waals surface area (Å²) >= 11 is 1.58. The normalized spacial score (nSPS) is 17.0. The highest BCUT2D eigenvalue weighted by atomic mass is 32.2. The van der Waals surface area contributed by atoms with Gasteiger partial charge in [-0.25, -0.2) is 18.4 Å². The van der Waals surface area contributed by atoms with Crippen molar-refractivity contribution in [2.24, 2.45) is 0 Å². The lowest BCUT2D eigenvalue weighted by atomic mass is 10.1. The standard InChI is InChI=1S/C24H25N5O3S2/c30-15-21(17-4-2-1-3-5-17)28-24-23-20(26-16-27-24)12-22(33-23)18-6-7-19(25-13-18)14-29-8-10-34(31,32)11-9-29/h1-7,12-13,16,21,30H,8-11,14-15H2,(H,26,27,28)/t21-/m1/s1. The Morgan fingerprint density at radius 1 is 1.06 bits per heavy atom. The predicted molar refractivity (Wildman–Crippen MR) is 134 cm³/mol. The van der Waals surface area contributed by atoms with Crippen LogP contribution < -0.4 is 5.32 Å². The Labute approximate surface area is 202 Å². The molecule has 2 N–H and O–H groups in total. The quantitative estimate of drug-likeness (QED) is 0.403. The molecule has 0 saturated carbocycles. The van der Waals surface area contributed by atoms with E-state index in [1.54, 1.807) is 11.3 Å². The summed E-state index contributed by atoms with van der Waals surface area (Å²) in [4.78, 5) is 16.6. The molecule has 1 aromatic carbocycles. The molecule has 8 nitrogen and oxygen atoms in total. The van der Waals surface area contributed by atoms with Crippen LogP contribution in [0.2, 0.25) is 0 Å². The van der Waals surface area contributed by atoms with Crippen molar-refractivity contribution in [2.75, 3.05) is 36.5 Å². The molecule has 176 valence electrons. The van der Waals surface area contributed by atoms with Crippen molar-refractivity contribution in [2.45, 2.75) is 12.6 Å². The molecule has 1 aliphatic rings. The van der Waals surface area contributed by atoms with Gasteiger partial charge in [-0.15, -0.1) is 11.3 Å². The van der Waals surface area contributed by atoms with Gasteiger partial charge in [0, 0.05) is 36.3 Å². The maximum Gasteiger partial charge on any atom is 0.152 e. The number of hydrogen-bond acceptors (Lipinski definition) is 9. The third kappa shape index (κ3) is 5.10. The van der Waals surface area contributed by atoms with Gasteiger partial charge in [-0.2, -0.15) is 0 Å². The molecule has 1 atom stereocenters. The van der Waals surface area contributed by atoms with E-state index in [0.29, 0.717) is 25.5 Å². The Morgan fingerprint density at radius 3 is 2.56 bits per heavy atom. The Bertz CT molecular complexity index is 1360. The number of aromatic nitrogens is 3. The van der Waals surface area contributed by atoms with Gasteiger partial charge in [-0.3, -0.25) is 9.88 Å². The fourth-order valence-corrected chi connectivity index (χ4v) is 6.32. The van der Waals surface area contributed by atoms with Gasteiger partial charge in [0.25, 0.3) is 0 Å². The minimum absolute atomic E-state index is 0.0535. The van der Waals surface area contributed by atoms with Crippen LogP contribution in [0.3, 0.4) is 0 Å². The van der Waals surface area contributed by atoms with Crippen molar-refractivity contribution in [3.8, 4) is 10.4 Å². The maximum absolute atomic E-state index is 11.6. The third-order valence-corrected chi connectivity index (χ3v) is 8.73. The number of thiophene rings is 1. The molecule has 0 amide bonds. The molecule has 0 bridgehead atoms. The molecule has 4 aromatic rings. The van der Waals surface area contributed by atoms with E-state index in [2.05, 4.69) is 25.2 Å². The monoisotopic (exact) mass is 495 g/mol. The first kappa shape index (κ1) is 22.9. The molecule has 1 fully saturated rings. The molecule has 5 rings (SSSR count). The second kappa shape index (κ2) is 9.75. The lowest BCUT2D eigenvalue weighted by Gasteiger charge is -2.26. The average molecular weight is 496 g/mol. The highest BCUT2D eigenvalue weighted by Crippen LogP contribution is 2.36. The van der Waals surface area contributed by atoms with Crippen LogP contribution in [0.4, 0.5) is 5.82 Å². The zero-order valence-corrected chi connectivity index (χ0v) is 20.1. The van der Waals surface area contributed by atoms with E-state index >= 15 is 0 Å². The number of benzene rings is 1. The molecule has 10 heteroatoms. The molecular weight excluding hydrogens is 470 g/mol. The molecule has 4 heterocycles. The SMILES string of the molecule is O=S1(=O)CCN(Cc2ccc(-c3cc4ncnc(N[C@H](CO)c5ccccc5)c4s3)cn2)CC1. The highest BCUT2D eigenvalue weighted by molar-refractivity contribution is 7.91. The number of aliphatic hydroxyl groups excluding tert-OH is 1. The summed E-state index contributed by atoms with van der Waals surface area (Å²) in [6, 6.07) is 15.6. The number of fused-ring (bicyclic) bond motifs is 1. The number of anilines is 1. The first-order valence-corrected chi connectivity index (χ1v) is 13.7. The zero-order valence-electron chi connectivity index (χ0n) is 18.5. The second-order valence-electron chi connectivity index (χ2n) is 8.30. The number of aliphatic hydroxyl groups is 1. The van der Waals surface area contributed by atoms with E-state index in [-0.39, 0.29) is 24.2 Å². The summed E-state index contributed by atoms with van der Waals surface area (Å²) in [6.07, 6.45) is 3.38. The fourth-order valence-electron chi connectivity index (χ4n) is 3.99. The molecule has 34 heavy (non-hydrogen) atoms. The zero-order chi connectivity index (χ0) is 23.5. The molecular formula is C24H25N5O3S2. The van der Waals surface area contributed by atoms with E-state index in [1.165, 1.54) is 6.33 Å². The van der Waals surface area contributed by atoms with Gasteiger partial charge in [0.05, 0.1) is 40.1 Å². The van der Waals surface area contributed by atoms with Gasteiger partial charge < -0.3 is 10.4 Å². The van der Waals surface area contributed by atoms with Crippen LogP contribution in [0.25, 0.3) is 20.7 Å². The van der Waals surface area contributed by atoms with Crippen molar-refractivity contribution in [1.82, 2.24) is 19.9 Å². The molecule has 1 aliphatic heterocycles. The van der Waals surface area contributed by atoms with E-state index in [1.807, 2.05) is 54.7 Å². The summed E-state index contributed by atoms with van der Waals surface area (Å²) in [6.45, 7) is 1.69. The van der Waals surface area contributed by atoms with Gasteiger partial charge in [0.15, 0.2) is 9.84 Å². The second-order valence-corrected chi connectivity index (χ2v) is 11.7. The van der Waals surface area contributed by atoms with Crippen molar-refractivity contribution in [3.63, 3.8) is 0 Å². The minimum atomic E-state index is -2.88. The molecule has 0 spiro atoms. The van der Waals surface area contributed by atoms with Crippen molar-refractivity contribution in [3.05, 3.63) is 72.3 Å². The number of rotatable bonds is 7. The number of nitrogens with one attached hydrogen (secondary N) is 1. The van der Waals surface area contributed by atoms with Crippen LogP contribution in [0.5, 0.6) is 0 Å². The van der Waals surface area contributed by atoms with Gasteiger partial charge in [0.2, 0.25) is 0 Å². The molecule has 3 aromatic heterocycles. The van der Waals surface area contributed by atoms with E-state index in [9.17, 15) is 13.5 Å². The Kier molecular flexibility index (Phi) is 6.55. The van der Waals surface area contributed by atoms with Gasteiger partial charge in [0.1, 0.15) is 12.1 Å². The third-order valence-electron chi connectivity index (χ3n) is 5.94. The fraction of sp³-hybridized carbons (Fsp3) is 0.292. The summed E-state index contributed by atoms with van der Waals surface area (Å²) in [5.74, 6) is 1.12. The number of nitrogens with zero attached hydrogens (tertiary/aromatic N) is 4. The highest BCUT2D eigenvalue weighted by Gasteiger charge is 2.22. The van der Waals surface area contributed by atoms with Crippen LogP contribution in [0.1, 0.15) is 17.3 Å². The number of sulfone groups is 1. The summed E-state index contributed by atoms with van der Waals surface area (Å²) in [7, 11) is -2.88. The predicted octanol–water partition coefficient (Wildman–Crippen LogP) is 3.13. The van der Waals surface area contributed by atoms with Crippen molar-refractivity contribution < 1.29 is 13.5 Å². The lowest BCUT2D eigenvalue weighted by molar-refractivity contribution is 0.276. The molecule has 0 unspecified atom stereocenters. The number of hydrogen-bond donors (Lipinski definition) is 2. The van der Waals surface area contributed by atoms with Gasteiger partial charge in [-0.1, -0.05) is 36.4 Å². The molecule has 0 aliphatic carbocycles. The van der Waals surface area contributed by atoms with Crippen molar-refractivity contribution in [1.29, 1.82) is 0 Å². The first-order chi connectivity index (χ1) is 16.5. The van der Waals surface area contributed by atoms with E-state index < -0.39 is 9.84 Å². The summed E-state index contributed by atoms with van der Waals surface area (Å²) in [5, 5.41) is 13.3. The molecule has 0 radical (unpaired) electrons. The Hall–Kier alpha value is -2.92.